The third kappa shape index (κ3) is 5.45. The molecule has 7 heteroatoms. The van der Waals surface area contributed by atoms with Gasteiger partial charge < -0.3 is 10.1 Å². The van der Waals surface area contributed by atoms with Crippen molar-refractivity contribution in [1.82, 2.24) is 15.5 Å². The van der Waals surface area contributed by atoms with Crippen LogP contribution in [0.5, 0.6) is 0 Å². The zero-order valence-corrected chi connectivity index (χ0v) is 12.9. The summed E-state index contributed by atoms with van der Waals surface area (Å²) in [6.45, 7) is 2.38. The maximum atomic E-state index is 11.9. The predicted molar refractivity (Wildman–Crippen MR) is 81.2 cm³/mol. The molecule has 1 aliphatic heterocycles. The number of hydrogen-bond donors (Lipinski definition) is 2. The minimum Gasteiger partial charge on any atom is -0.377 e. The van der Waals surface area contributed by atoms with Crippen LogP contribution in [0.2, 0.25) is 0 Å². The quantitative estimate of drug-likeness (QED) is 0.828. The van der Waals surface area contributed by atoms with E-state index in [-0.39, 0.29) is 18.6 Å². The Balaban J connectivity index is 1.90. The first-order valence-electron chi connectivity index (χ1n) is 7.05. The minimum absolute atomic E-state index is 0.178. The number of carbonyl (C=O) groups excluding carboxylic acids is 2. The molecule has 2 heterocycles. The molecule has 0 spiro atoms. The normalized spacial score (nSPS) is 17.9. The van der Waals surface area contributed by atoms with Crippen molar-refractivity contribution in [2.45, 2.75) is 25.5 Å². The molecular formula is C14H21N3O3S. The lowest BCUT2D eigenvalue weighted by Crippen LogP contribution is -2.44. The van der Waals surface area contributed by atoms with E-state index in [1.165, 1.54) is 11.9 Å². The van der Waals surface area contributed by atoms with Gasteiger partial charge in [-0.1, -0.05) is 6.07 Å². The Morgan fingerprint density at radius 1 is 1.52 bits per heavy atom. The maximum Gasteiger partial charge on any atom is 0.321 e. The van der Waals surface area contributed by atoms with E-state index in [1.54, 1.807) is 11.3 Å². The number of nitrogens with zero attached hydrogens (tertiary/aromatic N) is 1. The molecule has 116 valence electrons. The number of ether oxygens (including phenoxy) is 1. The summed E-state index contributed by atoms with van der Waals surface area (Å²) in [6, 6.07) is 3.56. The standard InChI is InChI=1S/C14H21N3O3S/c1-15-14(19)16-13(18)10-17(8-11-4-2-6-20-11)9-12-5-3-7-21-12/h3,5,7,11H,2,4,6,8-10H2,1H3,(H2,15,16,18,19)/t11-/m0/s1. The molecule has 2 N–H and O–H groups in total. The van der Waals surface area contributed by atoms with Gasteiger partial charge in [-0.2, -0.15) is 0 Å². The zero-order chi connectivity index (χ0) is 15.1. The fourth-order valence-corrected chi connectivity index (χ4v) is 3.06. The van der Waals surface area contributed by atoms with Crippen molar-refractivity contribution in [2.24, 2.45) is 0 Å². The van der Waals surface area contributed by atoms with Crippen molar-refractivity contribution < 1.29 is 14.3 Å². The van der Waals surface area contributed by atoms with Crippen molar-refractivity contribution in [1.29, 1.82) is 0 Å². The molecule has 0 bridgehead atoms. The summed E-state index contributed by atoms with van der Waals surface area (Å²) in [5.74, 6) is -0.302. The minimum atomic E-state index is -0.479. The van der Waals surface area contributed by atoms with Crippen LogP contribution in [-0.4, -0.2) is 49.7 Å². The maximum absolute atomic E-state index is 11.9. The fraction of sp³-hybridized carbons (Fsp3) is 0.571. The number of thiophene rings is 1. The molecule has 0 unspecified atom stereocenters. The third-order valence-electron chi connectivity index (χ3n) is 3.29. The largest absolute Gasteiger partial charge is 0.377 e. The lowest BCUT2D eigenvalue weighted by atomic mass is 10.2. The summed E-state index contributed by atoms with van der Waals surface area (Å²) >= 11 is 1.66. The molecule has 1 aliphatic rings. The Hall–Kier alpha value is -1.44. The van der Waals surface area contributed by atoms with E-state index in [0.717, 1.165) is 19.4 Å². The summed E-state index contributed by atoms with van der Waals surface area (Å²) < 4.78 is 5.64. The van der Waals surface area contributed by atoms with Crippen molar-refractivity contribution in [3.63, 3.8) is 0 Å². The van der Waals surface area contributed by atoms with Crippen molar-refractivity contribution in [2.75, 3.05) is 26.7 Å². The van der Waals surface area contributed by atoms with E-state index in [4.69, 9.17) is 4.74 Å². The third-order valence-corrected chi connectivity index (χ3v) is 4.15. The molecule has 1 atom stereocenters. The van der Waals surface area contributed by atoms with Gasteiger partial charge in [0.05, 0.1) is 12.6 Å². The molecule has 1 aromatic heterocycles. The van der Waals surface area contributed by atoms with Gasteiger partial charge in [-0.3, -0.25) is 15.0 Å². The van der Waals surface area contributed by atoms with Crippen LogP contribution in [0.1, 0.15) is 17.7 Å². The summed E-state index contributed by atoms with van der Waals surface area (Å²) in [5.41, 5.74) is 0. The second-order valence-corrected chi connectivity index (χ2v) is 6.04. The molecule has 1 fully saturated rings. The van der Waals surface area contributed by atoms with Gasteiger partial charge >= 0.3 is 6.03 Å². The smallest absolute Gasteiger partial charge is 0.321 e. The first kappa shape index (κ1) is 15.9. The Morgan fingerprint density at radius 3 is 3.00 bits per heavy atom. The average Bonchev–Trinajstić information content (AvgIpc) is 3.11. The number of nitrogens with one attached hydrogen (secondary N) is 2. The molecule has 2 rings (SSSR count). The highest BCUT2D eigenvalue weighted by Gasteiger charge is 2.21. The van der Waals surface area contributed by atoms with Crippen LogP contribution >= 0.6 is 11.3 Å². The molecule has 0 aromatic carbocycles. The summed E-state index contributed by atoms with van der Waals surface area (Å²) in [5, 5.41) is 6.69. The van der Waals surface area contributed by atoms with Crippen LogP contribution in [0.4, 0.5) is 4.79 Å². The van der Waals surface area contributed by atoms with Crippen LogP contribution in [0, 0.1) is 0 Å². The summed E-state index contributed by atoms with van der Waals surface area (Å²) in [6.07, 6.45) is 2.28. The van der Waals surface area contributed by atoms with E-state index in [0.29, 0.717) is 13.1 Å². The van der Waals surface area contributed by atoms with E-state index in [1.807, 2.05) is 22.4 Å². The second-order valence-electron chi connectivity index (χ2n) is 5.01. The SMILES string of the molecule is CNC(=O)NC(=O)CN(Cc1cccs1)C[C@@H]1CCCO1. The lowest BCUT2D eigenvalue weighted by Gasteiger charge is -2.23. The molecule has 0 saturated carbocycles. The number of urea groups is 1. The van der Waals surface area contributed by atoms with Gasteiger partial charge in [-0.05, 0) is 24.3 Å². The molecular weight excluding hydrogens is 290 g/mol. The van der Waals surface area contributed by atoms with Gasteiger partial charge in [0.2, 0.25) is 5.91 Å². The zero-order valence-electron chi connectivity index (χ0n) is 12.1. The average molecular weight is 311 g/mol. The van der Waals surface area contributed by atoms with Crippen molar-refractivity contribution in [3.8, 4) is 0 Å². The number of carbonyl (C=O) groups is 2. The molecule has 0 aliphatic carbocycles. The Bertz CT molecular complexity index is 458. The van der Waals surface area contributed by atoms with Gasteiger partial charge in [-0.25, -0.2) is 4.79 Å². The molecule has 21 heavy (non-hydrogen) atoms. The van der Waals surface area contributed by atoms with Gasteiger partial charge in [0.25, 0.3) is 0 Å². The van der Waals surface area contributed by atoms with Gasteiger partial charge in [0, 0.05) is 31.6 Å². The van der Waals surface area contributed by atoms with E-state index < -0.39 is 6.03 Å². The highest BCUT2D eigenvalue weighted by Crippen LogP contribution is 2.16. The monoisotopic (exact) mass is 311 g/mol. The van der Waals surface area contributed by atoms with Crippen LogP contribution in [0.15, 0.2) is 17.5 Å². The van der Waals surface area contributed by atoms with Gasteiger partial charge in [0.1, 0.15) is 0 Å². The van der Waals surface area contributed by atoms with Gasteiger partial charge in [0.15, 0.2) is 0 Å². The second kappa shape index (κ2) is 8.11. The molecule has 1 saturated heterocycles. The highest BCUT2D eigenvalue weighted by atomic mass is 32.1. The topological polar surface area (TPSA) is 70.7 Å². The van der Waals surface area contributed by atoms with Crippen LogP contribution < -0.4 is 10.6 Å². The van der Waals surface area contributed by atoms with Crippen LogP contribution in [-0.2, 0) is 16.1 Å². The number of hydrogen-bond acceptors (Lipinski definition) is 5. The summed E-state index contributed by atoms with van der Waals surface area (Å²) in [4.78, 5) is 26.3. The van der Waals surface area contributed by atoms with E-state index >= 15 is 0 Å². The first-order chi connectivity index (χ1) is 10.2. The molecule has 0 radical (unpaired) electrons. The Labute approximate surface area is 128 Å². The fourth-order valence-electron chi connectivity index (χ4n) is 2.32. The molecule has 3 amide bonds. The lowest BCUT2D eigenvalue weighted by molar-refractivity contribution is -0.121. The number of rotatable bonds is 6. The van der Waals surface area contributed by atoms with Crippen LogP contribution in [0.25, 0.3) is 0 Å². The van der Waals surface area contributed by atoms with Crippen molar-refractivity contribution >= 4 is 23.3 Å². The Morgan fingerprint density at radius 2 is 2.38 bits per heavy atom. The Kier molecular flexibility index (Phi) is 6.16. The first-order valence-corrected chi connectivity index (χ1v) is 7.93. The van der Waals surface area contributed by atoms with E-state index in [9.17, 15) is 9.59 Å². The highest BCUT2D eigenvalue weighted by molar-refractivity contribution is 7.09. The predicted octanol–water partition coefficient (Wildman–Crippen LogP) is 1.18. The van der Waals surface area contributed by atoms with Crippen LogP contribution in [0.3, 0.4) is 0 Å². The molecule has 6 nitrogen and oxygen atoms in total. The van der Waals surface area contributed by atoms with Crippen molar-refractivity contribution in [3.05, 3.63) is 22.4 Å². The summed E-state index contributed by atoms with van der Waals surface area (Å²) in [7, 11) is 1.48. The molecule has 1 aromatic rings. The van der Waals surface area contributed by atoms with E-state index in [2.05, 4.69) is 10.6 Å². The van der Waals surface area contributed by atoms with Gasteiger partial charge in [-0.15, -0.1) is 11.3 Å². The number of imide groups is 1. The number of amides is 3.